The molecule has 0 aliphatic heterocycles. The Hall–Kier alpha value is -1.06. The van der Waals surface area contributed by atoms with E-state index in [-0.39, 0.29) is 5.92 Å². The molecule has 3 rings (SSSR count). The topological polar surface area (TPSA) is 32.7 Å². The summed E-state index contributed by atoms with van der Waals surface area (Å²) in [4.78, 5) is 2.25. The second kappa shape index (κ2) is 8.75. The minimum atomic E-state index is -0.600. The van der Waals surface area contributed by atoms with Gasteiger partial charge < -0.3 is 14.7 Å². The molecule has 2 fully saturated rings. The molecule has 2 aliphatic carbocycles. The maximum Gasteiger partial charge on any atom is 0.119 e. The standard InChI is InChI=1S/C23H37NO2/c1-24(2)17-20-12-8-14-22(19-11-7-13-21(15-19)26-3)23(20,25)16-18-9-5-4-6-10-18/h7,11,13,15,18,20,22,25H,4-6,8-10,12,14,16-17H2,1-3H3. The van der Waals surface area contributed by atoms with Crippen LogP contribution in [0.5, 0.6) is 5.75 Å². The van der Waals surface area contributed by atoms with E-state index in [2.05, 4.69) is 37.2 Å². The molecule has 0 heterocycles. The van der Waals surface area contributed by atoms with E-state index in [4.69, 9.17) is 4.74 Å². The summed E-state index contributed by atoms with van der Waals surface area (Å²) < 4.78 is 5.47. The predicted molar refractivity (Wildman–Crippen MR) is 108 cm³/mol. The fraction of sp³-hybridized carbons (Fsp3) is 0.739. The Labute approximate surface area is 159 Å². The van der Waals surface area contributed by atoms with Crippen molar-refractivity contribution in [2.24, 2.45) is 11.8 Å². The maximum atomic E-state index is 12.1. The normalized spacial score (nSPS) is 30.5. The van der Waals surface area contributed by atoms with Gasteiger partial charge in [0.2, 0.25) is 0 Å². The molecule has 3 unspecified atom stereocenters. The number of benzene rings is 1. The van der Waals surface area contributed by atoms with Crippen molar-refractivity contribution in [3.05, 3.63) is 29.8 Å². The Balaban J connectivity index is 1.90. The number of hydrogen-bond acceptors (Lipinski definition) is 3. The van der Waals surface area contributed by atoms with Crippen LogP contribution < -0.4 is 4.74 Å². The predicted octanol–water partition coefficient (Wildman–Crippen LogP) is 4.84. The minimum absolute atomic E-state index is 0.221. The van der Waals surface area contributed by atoms with E-state index in [1.807, 2.05) is 6.07 Å². The third-order valence-electron chi connectivity index (χ3n) is 6.78. The first kappa shape index (κ1) is 19.7. The summed E-state index contributed by atoms with van der Waals surface area (Å²) >= 11 is 0. The highest BCUT2D eigenvalue weighted by Crippen LogP contribution is 2.49. The van der Waals surface area contributed by atoms with Gasteiger partial charge >= 0.3 is 0 Å². The molecule has 1 N–H and O–H groups in total. The second-order valence-electron chi connectivity index (χ2n) is 8.92. The highest BCUT2D eigenvalue weighted by atomic mass is 16.5. The lowest BCUT2D eigenvalue weighted by Gasteiger charge is -2.49. The fourth-order valence-corrected chi connectivity index (χ4v) is 5.52. The quantitative estimate of drug-likeness (QED) is 0.789. The van der Waals surface area contributed by atoms with Crippen molar-refractivity contribution in [3.8, 4) is 5.75 Å². The van der Waals surface area contributed by atoms with Gasteiger partial charge in [-0.1, -0.05) is 50.7 Å². The van der Waals surface area contributed by atoms with Gasteiger partial charge in [0, 0.05) is 18.4 Å². The summed E-state index contributed by atoms with van der Waals surface area (Å²) in [6, 6.07) is 8.42. The van der Waals surface area contributed by atoms with E-state index in [0.717, 1.165) is 31.6 Å². The lowest BCUT2D eigenvalue weighted by atomic mass is 9.61. The van der Waals surface area contributed by atoms with Crippen molar-refractivity contribution in [1.29, 1.82) is 0 Å². The number of aliphatic hydroxyl groups is 1. The average Bonchev–Trinajstić information content (AvgIpc) is 2.64. The molecule has 0 aromatic heterocycles. The third-order valence-corrected chi connectivity index (χ3v) is 6.78. The lowest BCUT2D eigenvalue weighted by molar-refractivity contribution is -0.0923. The Morgan fingerprint density at radius 3 is 2.54 bits per heavy atom. The van der Waals surface area contributed by atoms with Crippen molar-refractivity contribution in [1.82, 2.24) is 4.90 Å². The van der Waals surface area contributed by atoms with Gasteiger partial charge in [-0.3, -0.25) is 0 Å². The van der Waals surface area contributed by atoms with Crippen LogP contribution in [0.2, 0.25) is 0 Å². The zero-order valence-corrected chi connectivity index (χ0v) is 16.9. The van der Waals surface area contributed by atoms with Crippen LogP contribution >= 0.6 is 0 Å². The highest BCUT2D eigenvalue weighted by Gasteiger charge is 2.48. The lowest BCUT2D eigenvalue weighted by Crippen LogP contribution is -2.51. The van der Waals surface area contributed by atoms with Gasteiger partial charge in [0.1, 0.15) is 5.75 Å². The van der Waals surface area contributed by atoms with Crippen LogP contribution in [0.15, 0.2) is 24.3 Å². The number of ether oxygens (including phenoxy) is 1. The largest absolute Gasteiger partial charge is 0.497 e. The van der Waals surface area contributed by atoms with Gasteiger partial charge in [0.15, 0.2) is 0 Å². The molecule has 146 valence electrons. The van der Waals surface area contributed by atoms with Crippen LogP contribution in [0.25, 0.3) is 0 Å². The van der Waals surface area contributed by atoms with Gasteiger partial charge in [0.25, 0.3) is 0 Å². The third kappa shape index (κ3) is 4.43. The molecular formula is C23H37NO2. The number of nitrogens with zero attached hydrogens (tertiary/aromatic N) is 1. The molecule has 26 heavy (non-hydrogen) atoms. The molecule has 1 aromatic carbocycles. The van der Waals surface area contributed by atoms with Crippen molar-refractivity contribution in [2.75, 3.05) is 27.7 Å². The van der Waals surface area contributed by atoms with Crippen molar-refractivity contribution >= 4 is 0 Å². The van der Waals surface area contributed by atoms with Gasteiger partial charge in [-0.25, -0.2) is 0 Å². The molecule has 3 atom stereocenters. The highest BCUT2D eigenvalue weighted by molar-refractivity contribution is 5.33. The summed E-state index contributed by atoms with van der Waals surface area (Å²) in [5, 5.41) is 12.1. The van der Waals surface area contributed by atoms with E-state index in [1.54, 1.807) is 7.11 Å². The van der Waals surface area contributed by atoms with Gasteiger partial charge in [-0.05, 0) is 57.0 Å². The van der Waals surface area contributed by atoms with Crippen molar-refractivity contribution in [2.45, 2.75) is 69.3 Å². The van der Waals surface area contributed by atoms with Crippen molar-refractivity contribution < 1.29 is 9.84 Å². The molecule has 2 aliphatic rings. The second-order valence-corrected chi connectivity index (χ2v) is 8.92. The van der Waals surface area contributed by atoms with E-state index < -0.39 is 5.60 Å². The zero-order chi connectivity index (χ0) is 18.6. The van der Waals surface area contributed by atoms with Crippen LogP contribution in [0.4, 0.5) is 0 Å². The van der Waals surface area contributed by atoms with Crippen LogP contribution in [0, 0.1) is 11.8 Å². The van der Waals surface area contributed by atoms with Crippen LogP contribution in [0.1, 0.15) is 69.3 Å². The zero-order valence-electron chi connectivity index (χ0n) is 16.9. The van der Waals surface area contributed by atoms with Crippen LogP contribution in [-0.2, 0) is 0 Å². The SMILES string of the molecule is COc1cccc(C2CCCC(CN(C)C)C2(O)CC2CCCCC2)c1. The first-order valence-electron chi connectivity index (χ1n) is 10.5. The van der Waals surface area contributed by atoms with E-state index in [0.29, 0.717) is 11.8 Å². The Kier molecular flexibility index (Phi) is 6.63. The Morgan fingerprint density at radius 1 is 1.08 bits per heavy atom. The summed E-state index contributed by atoms with van der Waals surface area (Å²) in [5.41, 5.74) is 0.655. The smallest absolute Gasteiger partial charge is 0.119 e. The molecule has 2 saturated carbocycles. The molecule has 0 saturated heterocycles. The van der Waals surface area contributed by atoms with Gasteiger partial charge in [-0.15, -0.1) is 0 Å². The maximum absolute atomic E-state index is 12.1. The number of hydrogen-bond donors (Lipinski definition) is 1. The summed E-state index contributed by atoms with van der Waals surface area (Å²) in [6.45, 7) is 0.976. The number of rotatable bonds is 6. The fourth-order valence-electron chi connectivity index (χ4n) is 5.52. The van der Waals surface area contributed by atoms with E-state index in [9.17, 15) is 5.11 Å². The van der Waals surface area contributed by atoms with Crippen molar-refractivity contribution in [3.63, 3.8) is 0 Å². The minimum Gasteiger partial charge on any atom is -0.497 e. The molecule has 3 nitrogen and oxygen atoms in total. The van der Waals surface area contributed by atoms with E-state index >= 15 is 0 Å². The molecule has 0 radical (unpaired) electrons. The summed E-state index contributed by atoms with van der Waals surface area (Å²) in [6.07, 6.45) is 11.0. The summed E-state index contributed by atoms with van der Waals surface area (Å²) in [5.74, 6) is 2.16. The molecule has 0 spiro atoms. The summed E-state index contributed by atoms with van der Waals surface area (Å²) in [7, 11) is 6.00. The molecule has 3 heteroatoms. The average molecular weight is 360 g/mol. The van der Waals surface area contributed by atoms with Crippen LogP contribution in [0.3, 0.4) is 0 Å². The van der Waals surface area contributed by atoms with Gasteiger partial charge in [-0.2, -0.15) is 0 Å². The molecule has 0 bridgehead atoms. The van der Waals surface area contributed by atoms with Gasteiger partial charge in [0.05, 0.1) is 12.7 Å². The molecule has 0 amide bonds. The molecule has 1 aromatic rings. The van der Waals surface area contributed by atoms with Crippen LogP contribution in [-0.4, -0.2) is 43.4 Å². The first-order chi connectivity index (χ1) is 12.5. The first-order valence-corrected chi connectivity index (χ1v) is 10.5. The Bertz CT molecular complexity index is 567. The monoisotopic (exact) mass is 359 g/mol. The number of methoxy groups -OCH3 is 1. The molecular weight excluding hydrogens is 322 g/mol. The Morgan fingerprint density at radius 2 is 1.85 bits per heavy atom. The van der Waals surface area contributed by atoms with E-state index in [1.165, 1.54) is 44.1 Å².